The lowest BCUT2D eigenvalue weighted by Gasteiger charge is -2.46. The number of rotatable bonds is 9. The van der Waals surface area contributed by atoms with Gasteiger partial charge in [-0.05, 0) is 76.0 Å². The summed E-state index contributed by atoms with van der Waals surface area (Å²) in [5, 5.41) is 13.0. The molecule has 5 rings (SSSR count). The summed E-state index contributed by atoms with van der Waals surface area (Å²) in [4.78, 5) is 12.8. The van der Waals surface area contributed by atoms with Crippen molar-refractivity contribution >= 4 is 5.82 Å². The van der Waals surface area contributed by atoms with Gasteiger partial charge in [-0.2, -0.15) is 0 Å². The van der Waals surface area contributed by atoms with Crippen LogP contribution in [0.3, 0.4) is 0 Å². The van der Waals surface area contributed by atoms with Crippen molar-refractivity contribution in [2.75, 3.05) is 64.6 Å². The molecule has 3 saturated heterocycles. The molecule has 3 aliphatic heterocycles. The van der Waals surface area contributed by atoms with E-state index in [1.165, 1.54) is 18.4 Å². The van der Waals surface area contributed by atoms with E-state index in [4.69, 9.17) is 24.2 Å². The molecular formula is C29H42N4O4. The third kappa shape index (κ3) is 6.42. The van der Waals surface area contributed by atoms with Crippen LogP contribution in [-0.4, -0.2) is 80.9 Å². The maximum Gasteiger partial charge on any atom is 0.161 e. The number of likely N-dealkylation sites (N-methyl/N-ethyl adjacent to an activating group) is 1. The molecule has 1 spiro atoms. The van der Waals surface area contributed by atoms with Crippen molar-refractivity contribution in [2.45, 2.75) is 51.6 Å². The summed E-state index contributed by atoms with van der Waals surface area (Å²) in [6.07, 6.45) is 6.15. The van der Waals surface area contributed by atoms with Gasteiger partial charge in [0, 0.05) is 62.9 Å². The molecular weight excluding hydrogens is 468 g/mol. The fraction of sp³-hybridized carbons (Fsp3) is 0.655. The molecule has 8 nitrogen and oxygen atoms in total. The first-order chi connectivity index (χ1) is 18.0. The number of nitrogens with zero attached hydrogens (tertiary/aromatic N) is 3. The molecule has 0 amide bonds. The lowest BCUT2D eigenvalue weighted by atomic mass is 9.74. The van der Waals surface area contributed by atoms with Gasteiger partial charge in [-0.3, -0.25) is 0 Å². The van der Waals surface area contributed by atoms with Crippen LogP contribution in [0.4, 0.5) is 5.82 Å². The van der Waals surface area contributed by atoms with Crippen molar-refractivity contribution in [1.82, 2.24) is 15.3 Å². The average Bonchev–Trinajstić information content (AvgIpc) is 3.43. The summed E-state index contributed by atoms with van der Waals surface area (Å²) in [5.74, 6) is 3.02. The minimum absolute atomic E-state index is 0.233. The summed E-state index contributed by atoms with van der Waals surface area (Å²) in [7, 11) is 1.82. The van der Waals surface area contributed by atoms with Crippen molar-refractivity contribution in [1.29, 1.82) is 0 Å². The third-order valence-corrected chi connectivity index (χ3v) is 8.22. The number of nitrogens with one attached hydrogen (secondary N) is 1. The Morgan fingerprint density at radius 1 is 1.19 bits per heavy atom. The second-order valence-electron chi connectivity index (χ2n) is 11.1. The van der Waals surface area contributed by atoms with E-state index < -0.39 is 6.10 Å². The first-order valence-corrected chi connectivity index (χ1v) is 13.9. The van der Waals surface area contributed by atoms with E-state index in [9.17, 15) is 5.11 Å². The Labute approximate surface area is 220 Å². The van der Waals surface area contributed by atoms with Crippen LogP contribution in [0.1, 0.15) is 43.4 Å². The Morgan fingerprint density at radius 3 is 2.84 bits per heavy atom. The highest BCUT2D eigenvalue weighted by atomic mass is 16.5. The van der Waals surface area contributed by atoms with Crippen LogP contribution in [0.2, 0.25) is 0 Å². The number of ether oxygens (including phenoxy) is 3. The van der Waals surface area contributed by atoms with E-state index >= 15 is 0 Å². The molecule has 202 valence electrons. The number of hydrogen-bond donors (Lipinski definition) is 2. The Kier molecular flexibility index (Phi) is 8.60. The van der Waals surface area contributed by atoms with Crippen LogP contribution >= 0.6 is 0 Å². The molecule has 1 aromatic heterocycles. The lowest BCUT2D eigenvalue weighted by Crippen LogP contribution is -2.46. The fourth-order valence-corrected chi connectivity index (χ4v) is 6.02. The summed E-state index contributed by atoms with van der Waals surface area (Å²) in [6, 6.07) is 7.92. The average molecular weight is 511 g/mol. The molecule has 0 bridgehead atoms. The predicted molar refractivity (Wildman–Crippen MR) is 144 cm³/mol. The fourth-order valence-electron chi connectivity index (χ4n) is 6.02. The molecule has 0 radical (unpaired) electrons. The quantitative estimate of drug-likeness (QED) is 0.531. The molecule has 2 N–H and O–H groups in total. The number of benzene rings is 1. The molecule has 1 aromatic carbocycles. The maximum absolute atomic E-state index is 10.0. The van der Waals surface area contributed by atoms with Gasteiger partial charge in [-0.1, -0.05) is 12.1 Å². The summed E-state index contributed by atoms with van der Waals surface area (Å²) >= 11 is 0. The molecule has 3 aliphatic rings. The Bertz CT molecular complexity index is 1030. The molecule has 2 unspecified atom stereocenters. The van der Waals surface area contributed by atoms with E-state index in [1.807, 2.05) is 31.3 Å². The zero-order valence-electron chi connectivity index (χ0n) is 22.4. The summed E-state index contributed by atoms with van der Waals surface area (Å²) < 4.78 is 17.3. The van der Waals surface area contributed by atoms with Gasteiger partial charge >= 0.3 is 0 Å². The topological polar surface area (TPSA) is 89.0 Å². The van der Waals surface area contributed by atoms with E-state index in [-0.39, 0.29) is 6.61 Å². The molecule has 4 heterocycles. The van der Waals surface area contributed by atoms with Crippen LogP contribution in [-0.2, 0) is 15.9 Å². The van der Waals surface area contributed by atoms with E-state index in [2.05, 4.69) is 17.1 Å². The van der Waals surface area contributed by atoms with Gasteiger partial charge in [-0.25, -0.2) is 9.97 Å². The molecule has 8 heteroatoms. The molecule has 3 fully saturated rings. The second-order valence-corrected chi connectivity index (χ2v) is 11.1. The van der Waals surface area contributed by atoms with Crippen molar-refractivity contribution in [3.05, 3.63) is 35.5 Å². The predicted octanol–water partition coefficient (Wildman–Crippen LogP) is 3.39. The van der Waals surface area contributed by atoms with Gasteiger partial charge in [0.25, 0.3) is 0 Å². The zero-order chi connectivity index (χ0) is 25.7. The van der Waals surface area contributed by atoms with Crippen molar-refractivity contribution in [2.24, 2.45) is 11.3 Å². The van der Waals surface area contributed by atoms with E-state index in [0.717, 1.165) is 88.1 Å². The molecule has 37 heavy (non-hydrogen) atoms. The normalized spacial score (nSPS) is 22.4. The highest BCUT2D eigenvalue weighted by Gasteiger charge is 2.38. The Hall–Kier alpha value is -2.26. The van der Waals surface area contributed by atoms with Crippen LogP contribution in [0.5, 0.6) is 5.75 Å². The highest BCUT2D eigenvalue weighted by molar-refractivity contribution is 5.62. The monoisotopic (exact) mass is 510 g/mol. The number of piperidine rings is 1. The van der Waals surface area contributed by atoms with Crippen LogP contribution in [0, 0.1) is 18.3 Å². The van der Waals surface area contributed by atoms with Gasteiger partial charge in [0.1, 0.15) is 24.3 Å². The molecule has 0 saturated carbocycles. The number of hydrogen-bond acceptors (Lipinski definition) is 8. The van der Waals surface area contributed by atoms with Gasteiger partial charge in [0.15, 0.2) is 5.82 Å². The minimum atomic E-state index is -0.562. The Morgan fingerprint density at radius 2 is 2.05 bits per heavy atom. The maximum atomic E-state index is 10.0. The molecule has 2 aromatic rings. The number of anilines is 1. The smallest absolute Gasteiger partial charge is 0.161 e. The van der Waals surface area contributed by atoms with Gasteiger partial charge in [-0.15, -0.1) is 0 Å². The van der Waals surface area contributed by atoms with Gasteiger partial charge in [0.2, 0.25) is 0 Å². The van der Waals surface area contributed by atoms with Crippen LogP contribution < -0.4 is 15.0 Å². The van der Waals surface area contributed by atoms with Crippen molar-refractivity contribution in [3.8, 4) is 17.1 Å². The Balaban J connectivity index is 1.45. The highest BCUT2D eigenvalue weighted by Crippen LogP contribution is 2.41. The van der Waals surface area contributed by atoms with Gasteiger partial charge in [0.05, 0.1) is 0 Å². The lowest BCUT2D eigenvalue weighted by molar-refractivity contribution is 0.00745. The van der Waals surface area contributed by atoms with Crippen LogP contribution in [0.25, 0.3) is 11.4 Å². The SMILES string of the molecule is CNCC(O)COc1cccc(-c2nc(CC3CCOC3)c(C)c(N3CCCC4(CCOCC4)C3)n2)c1. The minimum Gasteiger partial charge on any atom is -0.491 e. The van der Waals surface area contributed by atoms with Crippen molar-refractivity contribution < 1.29 is 19.3 Å². The summed E-state index contributed by atoms with van der Waals surface area (Å²) in [6.45, 7) is 8.35. The number of aliphatic hydroxyl groups is 1. The summed E-state index contributed by atoms with van der Waals surface area (Å²) in [5.41, 5.74) is 3.58. The first kappa shape index (κ1) is 26.4. The van der Waals surface area contributed by atoms with E-state index in [1.54, 1.807) is 0 Å². The number of aliphatic hydroxyl groups excluding tert-OH is 1. The van der Waals surface area contributed by atoms with Crippen molar-refractivity contribution in [3.63, 3.8) is 0 Å². The number of aromatic nitrogens is 2. The standard InChI is InChI=1S/C29H42N4O4/c1-21-26(15-22-7-12-36-18-22)31-27(23-5-3-6-25(16-23)37-19-24(34)17-30-2)32-28(21)33-11-4-8-29(20-33)9-13-35-14-10-29/h3,5-6,16,22,24,30,34H,4,7-15,17-20H2,1-2H3. The first-order valence-electron chi connectivity index (χ1n) is 13.9. The molecule has 2 atom stereocenters. The second kappa shape index (κ2) is 12.1. The van der Waals surface area contributed by atoms with Gasteiger partial charge < -0.3 is 29.5 Å². The van der Waals surface area contributed by atoms with Crippen LogP contribution in [0.15, 0.2) is 24.3 Å². The zero-order valence-corrected chi connectivity index (χ0v) is 22.4. The third-order valence-electron chi connectivity index (χ3n) is 8.22. The molecule has 0 aliphatic carbocycles. The van der Waals surface area contributed by atoms with E-state index in [0.29, 0.717) is 23.6 Å². The largest absolute Gasteiger partial charge is 0.491 e.